The minimum atomic E-state index is 0.0952. The molecule has 0 atom stereocenters. The quantitative estimate of drug-likeness (QED) is 0.848. The summed E-state index contributed by atoms with van der Waals surface area (Å²) in [5, 5.41) is 3.26. The van der Waals surface area contributed by atoms with E-state index in [0.29, 0.717) is 6.42 Å². The molecule has 24 heavy (non-hydrogen) atoms. The highest BCUT2D eigenvalue weighted by Crippen LogP contribution is 2.61. The van der Waals surface area contributed by atoms with E-state index in [1.54, 1.807) is 4.90 Å². The molecule has 1 saturated heterocycles. The Kier molecular flexibility index (Phi) is 4.31. The highest BCUT2D eigenvalue weighted by molar-refractivity contribution is 5.85. The Morgan fingerprint density at radius 2 is 1.58 bits per heavy atom. The molecule has 0 aromatic carbocycles. The van der Waals surface area contributed by atoms with Crippen LogP contribution in [0.3, 0.4) is 0 Å². The standard InChI is InChI=1S/C19H31N3O2/c1-21(13-18(24)22-4-2-20-3-5-22)17(23)12-19-9-14-6-15(10-19)8-16(7-14)11-19/h14-16,20H,2-13H2,1H3. The fraction of sp³-hybridized carbons (Fsp3) is 0.895. The first-order valence-electron chi connectivity index (χ1n) is 9.75. The molecule has 2 amide bonds. The third-order valence-corrected chi connectivity index (χ3v) is 6.96. The summed E-state index contributed by atoms with van der Waals surface area (Å²) >= 11 is 0. The number of rotatable bonds is 4. The van der Waals surface area contributed by atoms with Crippen molar-refractivity contribution in [1.82, 2.24) is 15.1 Å². The minimum absolute atomic E-state index is 0.0952. The van der Waals surface area contributed by atoms with Gasteiger partial charge in [0.2, 0.25) is 11.8 Å². The molecule has 4 saturated carbocycles. The first-order chi connectivity index (χ1) is 11.5. The van der Waals surface area contributed by atoms with Gasteiger partial charge in [-0.15, -0.1) is 0 Å². The molecule has 5 fully saturated rings. The van der Waals surface area contributed by atoms with E-state index in [-0.39, 0.29) is 23.8 Å². The summed E-state index contributed by atoms with van der Waals surface area (Å²) in [6.45, 7) is 3.48. The molecule has 0 radical (unpaired) electrons. The van der Waals surface area contributed by atoms with Crippen molar-refractivity contribution in [3.05, 3.63) is 0 Å². The summed E-state index contributed by atoms with van der Waals surface area (Å²) in [6.07, 6.45) is 8.65. The van der Waals surface area contributed by atoms with E-state index in [9.17, 15) is 9.59 Å². The second-order valence-corrected chi connectivity index (χ2v) is 8.97. The van der Waals surface area contributed by atoms with Crippen molar-refractivity contribution in [2.45, 2.75) is 44.9 Å². The van der Waals surface area contributed by atoms with Crippen molar-refractivity contribution in [1.29, 1.82) is 0 Å². The van der Waals surface area contributed by atoms with E-state index >= 15 is 0 Å². The molecule has 0 spiro atoms. The Hall–Kier alpha value is -1.10. The van der Waals surface area contributed by atoms with Gasteiger partial charge in [-0.2, -0.15) is 0 Å². The van der Waals surface area contributed by atoms with Crippen LogP contribution in [0.4, 0.5) is 0 Å². The zero-order valence-corrected chi connectivity index (χ0v) is 14.9. The normalized spacial score (nSPS) is 37.5. The zero-order chi connectivity index (χ0) is 16.7. The summed E-state index contributed by atoms with van der Waals surface area (Å²) in [6, 6.07) is 0. The van der Waals surface area contributed by atoms with Crippen LogP contribution >= 0.6 is 0 Å². The maximum atomic E-state index is 12.8. The SMILES string of the molecule is CN(CC(=O)N1CCNCC1)C(=O)CC12CC3CC(CC(C3)C1)C2. The van der Waals surface area contributed by atoms with E-state index in [1.165, 1.54) is 38.5 Å². The molecule has 0 aromatic rings. The van der Waals surface area contributed by atoms with Crippen molar-refractivity contribution in [2.75, 3.05) is 39.8 Å². The first kappa shape index (κ1) is 16.4. The molecule has 4 bridgehead atoms. The molecular weight excluding hydrogens is 302 g/mol. The number of piperazine rings is 1. The molecule has 5 rings (SSSR count). The lowest BCUT2D eigenvalue weighted by molar-refractivity contribution is -0.144. The highest BCUT2D eigenvalue weighted by atomic mass is 16.2. The smallest absolute Gasteiger partial charge is 0.242 e. The average Bonchev–Trinajstić information content (AvgIpc) is 2.53. The van der Waals surface area contributed by atoms with E-state index in [0.717, 1.165) is 43.9 Å². The van der Waals surface area contributed by atoms with Crippen molar-refractivity contribution in [3.8, 4) is 0 Å². The van der Waals surface area contributed by atoms with E-state index in [4.69, 9.17) is 0 Å². The van der Waals surface area contributed by atoms with E-state index < -0.39 is 0 Å². The van der Waals surface area contributed by atoms with Crippen LogP contribution in [0.25, 0.3) is 0 Å². The Balaban J connectivity index is 1.33. The van der Waals surface area contributed by atoms with Gasteiger partial charge in [0, 0.05) is 39.6 Å². The largest absolute Gasteiger partial charge is 0.339 e. The maximum Gasteiger partial charge on any atom is 0.242 e. The second kappa shape index (κ2) is 6.32. The van der Waals surface area contributed by atoms with Crippen LogP contribution in [-0.4, -0.2) is 61.4 Å². The summed E-state index contributed by atoms with van der Waals surface area (Å²) < 4.78 is 0. The molecule has 5 nitrogen and oxygen atoms in total. The summed E-state index contributed by atoms with van der Waals surface area (Å²) in [4.78, 5) is 28.7. The van der Waals surface area contributed by atoms with Crippen molar-refractivity contribution < 1.29 is 9.59 Å². The molecule has 134 valence electrons. The summed E-state index contributed by atoms with van der Waals surface area (Å²) in [5.41, 5.74) is 0.262. The van der Waals surface area contributed by atoms with Gasteiger partial charge in [-0.1, -0.05) is 0 Å². The van der Waals surface area contributed by atoms with Gasteiger partial charge in [0.05, 0.1) is 6.54 Å². The summed E-state index contributed by atoms with van der Waals surface area (Å²) in [7, 11) is 1.81. The Bertz CT molecular complexity index is 477. The van der Waals surface area contributed by atoms with Crippen LogP contribution in [0, 0.1) is 23.2 Å². The fourth-order valence-electron chi connectivity index (χ4n) is 6.27. The Labute approximate surface area is 145 Å². The number of nitrogens with one attached hydrogen (secondary N) is 1. The lowest BCUT2D eigenvalue weighted by atomic mass is 9.49. The lowest BCUT2D eigenvalue weighted by Gasteiger charge is -2.56. The fourth-order valence-corrected chi connectivity index (χ4v) is 6.27. The zero-order valence-electron chi connectivity index (χ0n) is 14.9. The number of carbonyl (C=O) groups is 2. The van der Waals surface area contributed by atoms with Gasteiger partial charge in [0.1, 0.15) is 0 Å². The van der Waals surface area contributed by atoms with Crippen LogP contribution in [0.5, 0.6) is 0 Å². The molecule has 1 N–H and O–H groups in total. The molecule has 0 unspecified atom stereocenters. The van der Waals surface area contributed by atoms with Crippen LogP contribution in [0.2, 0.25) is 0 Å². The van der Waals surface area contributed by atoms with Gasteiger partial charge in [0.25, 0.3) is 0 Å². The maximum absolute atomic E-state index is 12.8. The molecule has 1 aliphatic heterocycles. The van der Waals surface area contributed by atoms with Gasteiger partial charge >= 0.3 is 0 Å². The van der Waals surface area contributed by atoms with Crippen molar-refractivity contribution in [2.24, 2.45) is 23.2 Å². The van der Waals surface area contributed by atoms with Crippen molar-refractivity contribution >= 4 is 11.8 Å². The van der Waals surface area contributed by atoms with Gasteiger partial charge in [-0.3, -0.25) is 9.59 Å². The Morgan fingerprint density at radius 3 is 2.12 bits per heavy atom. The second-order valence-electron chi connectivity index (χ2n) is 8.97. The minimum Gasteiger partial charge on any atom is -0.339 e. The number of nitrogens with zero attached hydrogens (tertiary/aromatic N) is 2. The van der Waals surface area contributed by atoms with Crippen LogP contribution < -0.4 is 5.32 Å². The monoisotopic (exact) mass is 333 g/mol. The molecule has 4 aliphatic carbocycles. The number of carbonyl (C=O) groups excluding carboxylic acids is 2. The van der Waals surface area contributed by atoms with Crippen LogP contribution in [0.15, 0.2) is 0 Å². The third-order valence-electron chi connectivity index (χ3n) is 6.96. The Morgan fingerprint density at radius 1 is 1.04 bits per heavy atom. The van der Waals surface area contributed by atoms with Gasteiger partial charge < -0.3 is 15.1 Å². The van der Waals surface area contributed by atoms with E-state index in [1.807, 2.05) is 11.9 Å². The third kappa shape index (κ3) is 3.19. The predicted octanol–water partition coefficient (Wildman–Crippen LogP) is 1.48. The molecule has 0 aromatic heterocycles. The van der Waals surface area contributed by atoms with Crippen LogP contribution in [0.1, 0.15) is 44.9 Å². The van der Waals surface area contributed by atoms with Crippen molar-refractivity contribution in [3.63, 3.8) is 0 Å². The molecule has 1 heterocycles. The van der Waals surface area contributed by atoms with Gasteiger partial charge in [-0.25, -0.2) is 0 Å². The highest BCUT2D eigenvalue weighted by Gasteiger charge is 2.51. The van der Waals surface area contributed by atoms with Gasteiger partial charge in [0.15, 0.2) is 0 Å². The summed E-state index contributed by atoms with van der Waals surface area (Å²) in [5.74, 6) is 2.89. The molecule has 5 heteroatoms. The molecule has 5 aliphatic rings. The topological polar surface area (TPSA) is 52.7 Å². The number of hydrogen-bond donors (Lipinski definition) is 1. The van der Waals surface area contributed by atoms with Crippen LogP contribution in [-0.2, 0) is 9.59 Å². The number of likely N-dealkylation sites (N-methyl/N-ethyl adjacent to an activating group) is 1. The lowest BCUT2D eigenvalue weighted by Crippen LogP contribution is -2.51. The first-order valence-corrected chi connectivity index (χ1v) is 9.75. The van der Waals surface area contributed by atoms with Gasteiger partial charge in [-0.05, 0) is 61.7 Å². The number of amides is 2. The number of hydrogen-bond acceptors (Lipinski definition) is 3. The molecular formula is C19H31N3O2. The van der Waals surface area contributed by atoms with E-state index in [2.05, 4.69) is 5.32 Å². The average molecular weight is 333 g/mol. The predicted molar refractivity (Wildman–Crippen MR) is 92.3 cm³/mol.